The number of carbonyl (C=O) groups is 4. The van der Waals surface area contributed by atoms with E-state index in [4.69, 9.17) is 4.74 Å². The van der Waals surface area contributed by atoms with Gasteiger partial charge >= 0.3 is 0 Å². The molecule has 0 radical (unpaired) electrons. The monoisotopic (exact) mass is 716 g/mol. The molecule has 0 spiro atoms. The van der Waals surface area contributed by atoms with Crippen molar-refractivity contribution >= 4 is 23.6 Å². The summed E-state index contributed by atoms with van der Waals surface area (Å²) in [7, 11) is 0. The summed E-state index contributed by atoms with van der Waals surface area (Å²) in [6, 6.07) is 19.5. The zero-order valence-electron chi connectivity index (χ0n) is 29.7. The molecule has 5 heterocycles. The average Bonchev–Trinajstić information content (AvgIpc) is 3.84. The molecule has 13 nitrogen and oxygen atoms in total. The van der Waals surface area contributed by atoms with Gasteiger partial charge in [-0.05, 0) is 67.5 Å². The molecule has 3 aliphatic heterocycles. The van der Waals surface area contributed by atoms with Crippen LogP contribution in [0.15, 0.2) is 79.4 Å². The number of ether oxygens (including phenoxy) is 1. The molecule has 13 heteroatoms. The van der Waals surface area contributed by atoms with Crippen molar-refractivity contribution in [2.45, 2.75) is 76.3 Å². The summed E-state index contributed by atoms with van der Waals surface area (Å²) in [5.74, 6) is 0.262. The summed E-state index contributed by atoms with van der Waals surface area (Å²) in [5.41, 5.74) is 4.04. The van der Waals surface area contributed by atoms with E-state index in [1.807, 2.05) is 24.4 Å². The first-order valence-electron chi connectivity index (χ1n) is 18.6. The van der Waals surface area contributed by atoms with E-state index in [-0.39, 0.29) is 36.7 Å². The van der Waals surface area contributed by atoms with Gasteiger partial charge in [0.05, 0.1) is 6.54 Å². The number of fused-ring (bicyclic) bond motifs is 1. The van der Waals surface area contributed by atoms with Crippen molar-refractivity contribution < 1.29 is 23.9 Å². The third-order valence-electron chi connectivity index (χ3n) is 11.1. The number of imidazole rings is 1. The topological polar surface area (TPSA) is 142 Å². The highest BCUT2D eigenvalue weighted by Gasteiger charge is 2.40. The summed E-state index contributed by atoms with van der Waals surface area (Å²) >= 11 is 0. The van der Waals surface area contributed by atoms with E-state index in [9.17, 15) is 19.2 Å². The van der Waals surface area contributed by atoms with Gasteiger partial charge in [-0.2, -0.15) is 0 Å². The first kappa shape index (κ1) is 34.7. The summed E-state index contributed by atoms with van der Waals surface area (Å²) in [6.07, 6.45) is 9.83. The first-order valence-corrected chi connectivity index (χ1v) is 18.6. The number of carbonyl (C=O) groups excluding carboxylic acids is 4. The number of nitrogens with one attached hydrogen (secondary N) is 2. The van der Waals surface area contributed by atoms with E-state index in [1.54, 1.807) is 40.2 Å². The Labute approximate surface area is 308 Å². The molecule has 3 fully saturated rings. The maximum atomic E-state index is 13.2. The second-order valence-corrected chi connectivity index (χ2v) is 14.4. The van der Waals surface area contributed by atoms with E-state index < -0.39 is 11.9 Å². The number of imide groups is 1. The molecule has 0 unspecified atom stereocenters. The molecular formula is C40H44N8O5. The lowest BCUT2D eigenvalue weighted by Gasteiger charge is -2.42. The molecule has 2 aromatic heterocycles. The standard InChI is InChI=1S/C40H44N8O5/c49-37-16-15-34(39(51)44-37)48-24-32-31(40(48)52)3-1-5-35(32)53-25-28-9-7-27(8-10-28)23-45-19-21-46(22-20-45)30-13-11-29(12-14-30)42-38(50)33-4-2-6-36(43-33)47-18-17-41-26-47/h1-10,17-18,26,29-30,34H,11-16,19-25H2,(H,42,50)(H,44,49,51)/t29?,30?,34-/m0/s1. The Balaban J connectivity index is 0.767. The van der Waals surface area contributed by atoms with Crippen molar-refractivity contribution in [3.05, 3.63) is 107 Å². The summed E-state index contributed by atoms with van der Waals surface area (Å²) < 4.78 is 8.00. The van der Waals surface area contributed by atoms with Crippen molar-refractivity contribution in [1.82, 2.24) is 39.9 Å². The lowest BCUT2D eigenvalue weighted by molar-refractivity contribution is -0.136. The number of nitrogens with zero attached hydrogens (tertiary/aromatic N) is 6. The number of hydrogen-bond acceptors (Lipinski definition) is 9. The van der Waals surface area contributed by atoms with Crippen LogP contribution in [0, 0.1) is 0 Å². The van der Waals surface area contributed by atoms with Crippen LogP contribution in [-0.4, -0.2) is 97.2 Å². The fourth-order valence-electron chi connectivity index (χ4n) is 8.07. The number of amides is 4. The zero-order chi connectivity index (χ0) is 36.3. The van der Waals surface area contributed by atoms with E-state index in [1.165, 1.54) is 5.56 Å². The normalized spacial score (nSPS) is 22.4. The van der Waals surface area contributed by atoms with Crippen LogP contribution in [0.4, 0.5) is 0 Å². The third kappa shape index (κ3) is 7.72. The van der Waals surface area contributed by atoms with E-state index in [2.05, 4.69) is 54.7 Å². The Morgan fingerprint density at radius 3 is 2.42 bits per heavy atom. The van der Waals surface area contributed by atoms with Gasteiger partial charge in [0.1, 0.15) is 36.2 Å². The molecule has 8 rings (SSSR count). The molecule has 53 heavy (non-hydrogen) atoms. The predicted molar refractivity (Wildman–Crippen MR) is 195 cm³/mol. The molecule has 0 bridgehead atoms. The molecule has 2 saturated heterocycles. The number of benzene rings is 2. The van der Waals surface area contributed by atoms with E-state index in [0.29, 0.717) is 41.9 Å². The number of piperidine rings is 1. The van der Waals surface area contributed by atoms with Crippen LogP contribution in [0.1, 0.15) is 76.1 Å². The van der Waals surface area contributed by atoms with Gasteiger partial charge in [-0.1, -0.05) is 36.4 Å². The fraction of sp³-hybridized carbons (Fsp3) is 0.400. The molecular weight excluding hydrogens is 672 g/mol. The molecule has 1 atom stereocenters. The van der Waals surface area contributed by atoms with Crippen molar-refractivity contribution in [2.75, 3.05) is 26.2 Å². The van der Waals surface area contributed by atoms with Crippen LogP contribution in [0.5, 0.6) is 5.75 Å². The van der Waals surface area contributed by atoms with Crippen LogP contribution in [0.3, 0.4) is 0 Å². The Bertz CT molecular complexity index is 1970. The molecule has 1 saturated carbocycles. The number of piperazine rings is 1. The van der Waals surface area contributed by atoms with Crippen LogP contribution in [-0.2, 0) is 29.3 Å². The van der Waals surface area contributed by atoms with Crippen molar-refractivity contribution in [2.24, 2.45) is 0 Å². The van der Waals surface area contributed by atoms with Gasteiger partial charge in [0.2, 0.25) is 11.8 Å². The van der Waals surface area contributed by atoms with Crippen LogP contribution >= 0.6 is 0 Å². The fourth-order valence-corrected chi connectivity index (χ4v) is 8.07. The lowest BCUT2D eigenvalue weighted by Crippen LogP contribution is -2.52. The van der Waals surface area contributed by atoms with Gasteiger partial charge < -0.3 is 15.0 Å². The average molecular weight is 717 g/mol. The Hall–Kier alpha value is -5.40. The molecule has 274 valence electrons. The summed E-state index contributed by atoms with van der Waals surface area (Å²) in [6.45, 7) is 5.68. The maximum absolute atomic E-state index is 13.2. The van der Waals surface area contributed by atoms with Crippen LogP contribution in [0.2, 0.25) is 0 Å². The van der Waals surface area contributed by atoms with E-state index >= 15 is 0 Å². The van der Waals surface area contributed by atoms with Gasteiger partial charge in [0, 0.05) is 74.7 Å². The molecule has 2 N–H and O–H groups in total. The van der Waals surface area contributed by atoms with Crippen molar-refractivity contribution in [3.63, 3.8) is 0 Å². The molecule has 4 aliphatic rings. The quantitative estimate of drug-likeness (QED) is 0.236. The number of aromatic nitrogens is 3. The SMILES string of the molecule is O=C1CC[C@H](N2Cc3c(OCc4ccc(CN5CCN(C6CCC(NC(=O)c7cccc(-n8ccnc8)n7)CC6)CC5)cc4)cccc3C2=O)C(=O)N1. The minimum atomic E-state index is -0.653. The highest BCUT2D eigenvalue weighted by molar-refractivity contribution is 6.05. The Kier molecular flexibility index (Phi) is 10.0. The van der Waals surface area contributed by atoms with Crippen LogP contribution in [0.25, 0.3) is 5.82 Å². The van der Waals surface area contributed by atoms with Gasteiger partial charge in [0.25, 0.3) is 11.8 Å². The molecule has 2 aromatic carbocycles. The number of rotatable bonds is 10. The van der Waals surface area contributed by atoms with Crippen molar-refractivity contribution in [1.29, 1.82) is 0 Å². The minimum Gasteiger partial charge on any atom is -0.489 e. The number of hydrogen-bond donors (Lipinski definition) is 2. The van der Waals surface area contributed by atoms with Crippen molar-refractivity contribution in [3.8, 4) is 11.6 Å². The minimum absolute atomic E-state index is 0.123. The predicted octanol–water partition coefficient (Wildman–Crippen LogP) is 3.47. The highest BCUT2D eigenvalue weighted by atomic mass is 16.5. The molecule has 1 aliphatic carbocycles. The summed E-state index contributed by atoms with van der Waals surface area (Å²) in [4.78, 5) is 65.5. The van der Waals surface area contributed by atoms with E-state index in [0.717, 1.165) is 69.5 Å². The molecule has 4 amide bonds. The molecule has 4 aromatic rings. The maximum Gasteiger partial charge on any atom is 0.270 e. The lowest BCUT2D eigenvalue weighted by atomic mass is 9.89. The van der Waals surface area contributed by atoms with Gasteiger partial charge in [0.15, 0.2) is 0 Å². The van der Waals surface area contributed by atoms with Gasteiger partial charge in [-0.3, -0.25) is 38.9 Å². The Morgan fingerprint density at radius 2 is 1.66 bits per heavy atom. The highest BCUT2D eigenvalue weighted by Crippen LogP contribution is 2.34. The first-order chi connectivity index (χ1) is 25.9. The second kappa shape index (κ2) is 15.3. The number of pyridine rings is 1. The van der Waals surface area contributed by atoms with Crippen LogP contribution < -0.4 is 15.4 Å². The second-order valence-electron chi connectivity index (χ2n) is 14.4. The largest absolute Gasteiger partial charge is 0.489 e. The zero-order valence-corrected chi connectivity index (χ0v) is 29.7. The third-order valence-corrected chi connectivity index (χ3v) is 11.1. The van der Waals surface area contributed by atoms with Gasteiger partial charge in [-0.25, -0.2) is 9.97 Å². The summed E-state index contributed by atoms with van der Waals surface area (Å²) in [5, 5.41) is 5.57. The smallest absolute Gasteiger partial charge is 0.270 e. The Morgan fingerprint density at radius 1 is 0.887 bits per heavy atom. The van der Waals surface area contributed by atoms with Gasteiger partial charge in [-0.15, -0.1) is 0 Å².